The molecule has 0 saturated carbocycles. The Morgan fingerprint density at radius 2 is 1.81 bits per heavy atom. The maximum atomic E-state index is 12.1. The van der Waals surface area contributed by atoms with Crippen molar-refractivity contribution < 1.29 is 9.59 Å². The van der Waals surface area contributed by atoms with Crippen molar-refractivity contribution in [3.63, 3.8) is 0 Å². The van der Waals surface area contributed by atoms with E-state index in [0.29, 0.717) is 23.7 Å². The molecule has 0 radical (unpaired) electrons. The number of rotatable bonds is 4. The zero-order valence-corrected chi connectivity index (χ0v) is 14.9. The second-order valence-corrected chi connectivity index (χ2v) is 6.46. The second-order valence-electron chi connectivity index (χ2n) is 6.46. The average molecular weight is 363 g/mol. The Kier molecular flexibility index (Phi) is 6.00. The molecule has 2 N–H and O–H groups in total. The van der Waals surface area contributed by atoms with Gasteiger partial charge in [-0.2, -0.15) is 5.26 Å². The van der Waals surface area contributed by atoms with Crippen LogP contribution in [0.25, 0.3) is 0 Å². The van der Waals surface area contributed by atoms with Gasteiger partial charge in [0.1, 0.15) is 6.07 Å². The topological polar surface area (TPSA) is 98.1 Å². The Hall–Kier alpha value is -3.40. The predicted molar refractivity (Wildman–Crippen MR) is 102 cm³/mol. The van der Waals surface area contributed by atoms with E-state index in [4.69, 9.17) is 5.26 Å². The van der Waals surface area contributed by atoms with Gasteiger partial charge in [0.05, 0.1) is 11.3 Å². The van der Waals surface area contributed by atoms with Gasteiger partial charge in [-0.3, -0.25) is 14.6 Å². The minimum absolute atomic E-state index is 0.321. The largest absolute Gasteiger partial charge is 0.371 e. The van der Waals surface area contributed by atoms with Gasteiger partial charge in [0.15, 0.2) is 0 Å². The number of benzene rings is 1. The third kappa shape index (κ3) is 4.82. The molecule has 0 bridgehead atoms. The van der Waals surface area contributed by atoms with Gasteiger partial charge < -0.3 is 15.5 Å². The monoisotopic (exact) mass is 363 g/mol. The summed E-state index contributed by atoms with van der Waals surface area (Å²) in [7, 11) is 0. The molecule has 1 aliphatic rings. The van der Waals surface area contributed by atoms with Crippen LogP contribution in [0.1, 0.15) is 18.4 Å². The number of carbonyl (C=O) groups excluding carboxylic acids is 2. The number of piperidine rings is 1. The third-order valence-corrected chi connectivity index (χ3v) is 4.70. The zero-order chi connectivity index (χ0) is 19.1. The van der Waals surface area contributed by atoms with Crippen LogP contribution in [-0.4, -0.2) is 36.4 Å². The van der Waals surface area contributed by atoms with Crippen LogP contribution in [0.15, 0.2) is 48.8 Å². The smallest absolute Gasteiger partial charge is 0.313 e. The van der Waals surface area contributed by atoms with Gasteiger partial charge in [0.25, 0.3) is 0 Å². The average Bonchev–Trinajstić information content (AvgIpc) is 2.73. The van der Waals surface area contributed by atoms with E-state index in [2.05, 4.69) is 20.5 Å². The molecule has 0 spiro atoms. The third-order valence-electron chi connectivity index (χ3n) is 4.70. The van der Waals surface area contributed by atoms with Crippen molar-refractivity contribution in [1.29, 1.82) is 5.26 Å². The standard InChI is InChI=1S/C20H21N5O2/c21-13-16-3-1-2-4-18(16)24-20(27)19(26)23-14-15-7-11-25(12-8-15)17-5-9-22-10-6-17/h1-6,9-10,15H,7-8,11-12,14H2,(H,23,26)(H,24,27). The highest BCUT2D eigenvalue weighted by molar-refractivity contribution is 6.39. The summed E-state index contributed by atoms with van der Waals surface area (Å²) < 4.78 is 0. The number of hydrogen-bond donors (Lipinski definition) is 2. The summed E-state index contributed by atoms with van der Waals surface area (Å²) in [6, 6.07) is 12.6. The number of carbonyl (C=O) groups is 2. The van der Waals surface area contributed by atoms with Gasteiger partial charge in [-0.15, -0.1) is 0 Å². The van der Waals surface area contributed by atoms with Crippen molar-refractivity contribution in [3.05, 3.63) is 54.4 Å². The molecule has 1 saturated heterocycles. The first-order chi connectivity index (χ1) is 13.2. The number of nitriles is 1. The first-order valence-electron chi connectivity index (χ1n) is 8.90. The van der Waals surface area contributed by atoms with Gasteiger partial charge in [0, 0.05) is 37.7 Å². The lowest BCUT2D eigenvalue weighted by Crippen LogP contribution is -2.41. The van der Waals surface area contributed by atoms with Crippen LogP contribution in [0.5, 0.6) is 0 Å². The maximum Gasteiger partial charge on any atom is 0.313 e. The summed E-state index contributed by atoms with van der Waals surface area (Å²) in [5.74, 6) is -1.10. The minimum atomic E-state index is -0.757. The summed E-state index contributed by atoms with van der Waals surface area (Å²) in [5, 5.41) is 14.2. The van der Waals surface area contributed by atoms with E-state index in [-0.39, 0.29) is 0 Å². The minimum Gasteiger partial charge on any atom is -0.371 e. The van der Waals surface area contributed by atoms with Crippen molar-refractivity contribution in [2.24, 2.45) is 5.92 Å². The highest BCUT2D eigenvalue weighted by Crippen LogP contribution is 2.22. The maximum absolute atomic E-state index is 12.1. The summed E-state index contributed by atoms with van der Waals surface area (Å²) in [4.78, 5) is 30.4. The Morgan fingerprint density at radius 3 is 2.52 bits per heavy atom. The quantitative estimate of drug-likeness (QED) is 0.809. The SMILES string of the molecule is N#Cc1ccccc1NC(=O)C(=O)NCC1CCN(c2ccncc2)CC1. The fraction of sp³-hybridized carbons (Fsp3) is 0.300. The summed E-state index contributed by atoms with van der Waals surface area (Å²) in [6.07, 6.45) is 5.46. The molecule has 2 amide bonds. The Balaban J connectivity index is 1.44. The normalized spacial score (nSPS) is 14.3. The fourth-order valence-electron chi connectivity index (χ4n) is 3.14. The first-order valence-corrected chi connectivity index (χ1v) is 8.90. The molecule has 0 atom stereocenters. The number of amides is 2. The number of pyridine rings is 1. The molecule has 7 heteroatoms. The van der Waals surface area contributed by atoms with Crippen LogP contribution in [0, 0.1) is 17.2 Å². The Labute approximate surface area is 158 Å². The molecule has 1 aromatic heterocycles. The zero-order valence-electron chi connectivity index (χ0n) is 14.9. The lowest BCUT2D eigenvalue weighted by Gasteiger charge is -2.33. The Morgan fingerprint density at radius 1 is 1.11 bits per heavy atom. The van der Waals surface area contributed by atoms with Crippen molar-refractivity contribution in [2.75, 3.05) is 29.9 Å². The number of hydrogen-bond acceptors (Lipinski definition) is 5. The van der Waals surface area contributed by atoms with E-state index in [1.54, 1.807) is 36.7 Å². The van der Waals surface area contributed by atoms with E-state index >= 15 is 0 Å². The molecule has 0 aliphatic carbocycles. The van der Waals surface area contributed by atoms with Gasteiger partial charge in [-0.1, -0.05) is 12.1 Å². The predicted octanol–water partition coefficient (Wildman–Crippen LogP) is 1.92. The van der Waals surface area contributed by atoms with E-state index < -0.39 is 11.8 Å². The van der Waals surface area contributed by atoms with Crippen LogP contribution in [0.2, 0.25) is 0 Å². The molecule has 27 heavy (non-hydrogen) atoms. The number of aromatic nitrogens is 1. The number of anilines is 2. The molecular weight excluding hydrogens is 342 g/mol. The van der Waals surface area contributed by atoms with Crippen LogP contribution in [-0.2, 0) is 9.59 Å². The highest BCUT2D eigenvalue weighted by Gasteiger charge is 2.21. The molecule has 0 unspecified atom stereocenters. The summed E-state index contributed by atoms with van der Waals surface area (Å²) >= 11 is 0. The highest BCUT2D eigenvalue weighted by atomic mass is 16.2. The van der Waals surface area contributed by atoms with E-state index in [0.717, 1.165) is 31.6 Å². The summed E-state index contributed by atoms with van der Waals surface area (Å²) in [5.41, 5.74) is 1.82. The number of nitrogens with one attached hydrogen (secondary N) is 2. The molecule has 7 nitrogen and oxygen atoms in total. The molecule has 1 fully saturated rings. The van der Waals surface area contributed by atoms with Crippen LogP contribution >= 0.6 is 0 Å². The van der Waals surface area contributed by atoms with Gasteiger partial charge in [-0.05, 0) is 43.0 Å². The van der Waals surface area contributed by atoms with Crippen molar-refractivity contribution in [1.82, 2.24) is 10.3 Å². The molecule has 138 valence electrons. The molecule has 1 aromatic carbocycles. The van der Waals surface area contributed by atoms with Crippen molar-refractivity contribution in [3.8, 4) is 6.07 Å². The van der Waals surface area contributed by atoms with E-state index in [1.807, 2.05) is 18.2 Å². The molecular formula is C20H21N5O2. The van der Waals surface area contributed by atoms with Gasteiger partial charge in [-0.25, -0.2) is 0 Å². The van der Waals surface area contributed by atoms with Crippen molar-refractivity contribution >= 4 is 23.2 Å². The van der Waals surface area contributed by atoms with Crippen LogP contribution in [0.3, 0.4) is 0 Å². The van der Waals surface area contributed by atoms with E-state index in [9.17, 15) is 9.59 Å². The fourth-order valence-corrected chi connectivity index (χ4v) is 3.14. The second kappa shape index (κ2) is 8.81. The molecule has 2 aromatic rings. The Bertz CT molecular complexity index is 839. The molecule has 3 rings (SSSR count). The van der Waals surface area contributed by atoms with Gasteiger partial charge in [0.2, 0.25) is 0 Å². The lowest BCUT2D eigenvalue weighted by atomic mass is 9.96. The van der Waals surface area contributed by atoms with E-state index in [1.165, 1.54) is 0 Å². The van der Waals surface area contributed by atoms with Crippen LogP contribution in [0.4, 0.5) is 11.4 Å². The first kappa shape index (κ1) is 18.4. The lowest BCUT2D eigenvalue weighted by molar-refractivity contribution is -0.136. The van der Waals surface area contributed by atoms with Crippen molar-refractivity contribution in [2.45, 2.75) is 12.8 Å². The molecule has 1 aliphatic heterocycles. The number of nitrogens with zero attached hydrogens (tertiary/aromatic N) is 3. The molecule has 2 heterocycles. The van der Waals surface area contributed by atoms with Crippen LogP contribution < -0.4 is 15.5 Å². The van der Waals surface area contributed by atoms with Gasteiger partial charge >= 0.3 is 11.8 Å². The number of para-hydroxylation sites is 1. The summed E-state index contributed by atoms with van der Waals surface area (Å²) in [6.45, 7) is 2.29.